The SMILES string of the molecule is C=CCOC(=O)c1ccc(C(=O)c2ccc(C(=O)O)cc2)cc1. The molecule has 0 radical (unpaired) electrons. The molecule has 5 nitrogen and oxygen atoms in total. The molecule has 2 aromatic rings. The lowest BCUT2D eigenvalue weighted by Gasteiger charge is -2.04. The van der Waals surface area contributed by atoms with Gasteiger partial charge in [0.1, 0.15) is 6.61 Å². The van der Waals surface area contributed by atoms with Gasteiger partial charge in [-0.3, -0.25) is 4.79 Å². The van der Waals surface area contributed by atoms with Crippen LogP contribution in [-0.4, -0.2) is 29.4 Å². The highest BCUT2D eigenvalue weighted by atomic mass is 16.5. The van der Waals surface area contributed by atoms with Crippen molar-refractivity contribution in [3.8, 4) is 0 Å². The Morgan fingerprint density at radius 1 is 0.870 bits per heavy atom. The standard InChI is InChI=1S/C18H14O5/c1-2-11-23-18(22)15-9-5-13(6-10-15)16(19)12-3-7-14(8-4-12)17(20)21/h2-10H,1,11H2,(H,20,21). The van der Waals surface area contributed by atoms with Crippen molar-refractivity contribution in [3.05, 3.63) is 83.4 Å². The first kappa shape index (κ1) is 16.2. The highest BCUT2D eigenvalue weighted by Gasteiger charge is 2.12. The lowest BCUT2D eigenvalue weighted by Crippen LogP contribution is -2.07. The van der Waals surface area contributed by atoms with Crippen LogP contribution in [-0.2, 0) is 4.74 Å². The number of rotatable bonds is 6. The molecule has 116 valence electrons. The molecule has 0 fully saturated rings. The van der Waals surface area contributed by atoms with E-state index in [1.165, 1.54) is 54.6 Å². The number of hydrogen-bond donors (Lipinski definition) is 1. The van der Waals surface area contributed by atoms with Gasteiger partial charge in [0.05, 0.1) is 11.1 Å². The van der Waals surface area contributed by atoms with Crippen LogP contribution in [0.1, 0.15) is 36.6 Å². The summed E-state index contributed by atoms with van der Waals surface area (Å²) in [5.41, 5.74) is 1.22. The average molecular weight is 310 g/mol. The molecule has 0 bridgehead atoms. The molecule has 0 saturated heterocycles. The van der Waals surface area contributed by atoms with Crippen molar-refractivity contribution >= 4 is 17.7 Å². The van der Waals surface area contributed by atoms with Gasteiger partial charge in [-0.05, 0) is 24.3 Å². The van der Waals surface area contributed by atoms with E-state index in [0.29, 0.717) is 16.7 Å². The second kappa shape index (κ2) is 7.17. The molecule has 0 unspecified atom stereocenters. The van der Waals surface area contributed by atoms with Crippen LogP contribution >= 0.6 is 0 Å². The Kier molecular flexibility index (Phi) is 5.04. The van der Waals surface area contributed by atoms with Crippen LogP contribution in [0.25, 0.3) is 0 Å². The summed E-state index contributed by atoms with van der Waals surface area (Å²) in [7, 11) is 0. The number of hydrogen-bond acceptors (Lipinski definition) is 4. The molecule has 2 rings (SSSR count). The fourth-order valence-electron chi connectivity index (χ4n) is 1.91. The molecule has 5 heteroatoms. The van der Waals surface area contributed by atoms with E-state index >= 15 is 0 Å². The molecule has 2 aromatic carbocycles. The zero-order valence-corrected chi connectivity index (χ0v) is 12.2. The Bertz CT molecular complexity index is 742. The van der Waals surface area contributed by atoms with Gasteiger partial charge >= 0.3 is 11.9 Å². The van der Waals surface area contributed by atoms with Gasteiger partial charge in [0.25, 0.3) is 0 Å². The van der Waals surface area contributed by atoms with Crippen molar-refractivity contribution in [1.29, 1.82) is 0 Å². The van der Waals surface area contributed by atoms with Crippen molar-refractivity contribution < 1.29 is 24.2 Å². The molecular weight excluding hydrogens is 296 g/mol. The van der Waals surface area contributed by atoms with E-state index in [-0.39, 0.29) is 18.0 Å². The maximum atomic E-state index is 12.3. The number of aromatic carboxylic acids is 1. The van der Waals surface area contributed by atoms with E-state index in [2.05, 4.69) is 6.58 Å². The first-order valence-electron chi connectivity index (χ1n) is 6.79. The summed E-state index contributed by atoms with van der Waals surface area (Å²) < 4.78 is 4.90. The minimum atomic E-state index is -1.05. The normalized spacial score (nSPS) is 9.91. The largest absolute Gasteiger partial charge is 0.478 e. The second-order valence-corrected chi connectivity index (χ2v) is 4.68. The zero-order chi connectivity index (χ0) is 16.8. The molecule has 0 saturated carbocycles. The van der Waals surface area contributed by atoms with Gasteiger partial charge in [0, 0.05) is 11.1 Å². The smallest absolute Gasteiger partial charge is 0.338 e. The molecule has 0 aromatic heterocycles. The number of carboxylic acid groups (broad SMARTS) is 1. The minimum Gasteiger partial charge on any atom is -0.478 e. The van der Waals surface area contributed by atoms with Crippen molar-refractivity contribution in [2.45, 2.75) is 0 Å². The molecule has 0 amide bonds. The Labute approximate surface area is 132 Å². The molecule has 0 spiro atoms. The first-order chi connectivity index (χ1) is 11.0. The summed E-state index contributed by atoms with van der Waals surface area (Å²) in [4.78, 5) is 34.7. The second-order valence-electron chi connectivity index (χ2n) is 4.68. The molecule has 0 aliphatic rings. The van der Waals surface area contributed by atoms with Gasteiger partial charge in [-0.25, -0.2) is 9.59 Å². The third kappa shape index (κ3) is 3.91. The molecule has 0 heterocycles. The van der Waals surface area contributed by atoms with Crippen molar-refractivity contribution in [1.82, 2.24) is 0 Å². The van der Waals surface area contributed by atoms with E-state index in [0.717, 1.165) is 0 Å². The zero-order valence-electron chi connectivity index (χ0n) is 12.2. The summed E-state index contributed by atoms with van der Waals surface area (Å²) in [5, 5.41) is 8.84. The summed E-state index contributed by atoms with van der Waals surface area (Å²) >= 11 is 0. The van der Waals surface area contributed by atoms with Crippen LogP contribution < -0.4 is 0 Å². The van der Waals surface area contributed by atoms with E-state index < -0.39 is 11.9 Å². The molecule has 1 N–H and O–H groups in total. The lowest BCUT2D eigenvalue weighted by molar-refractivity contribution is 0.0549. The monoisotopic (exact) mass is 310 g/mol. The van der Waals surface area contributed by atoms with E-state index in [4.69, 9.17) is 9.84 Å². The summed E-state index contributed by atoms with van der Waals surface area (Å²) in [6.07, 6.45) is 1.47. The number of carboxylic acids is 1. The maximum Gasteiger partial charge on any atom is 0.338 e. The average Bonchev–Trinajstić information content (AvgIpc) is 2.59. The highest BCUT2D eigenvalue weighted by molar-refractivity contribution is 6.09. The quantitative estimate of drug-likeness (QED) is 0.504. The van der Waals surface area contributed by atoms with Crippen LogP contribution in [0.15, 0.2) is 61.2 Å². The number of esters is 1. The van der Waals surface area contributed by atoms with Gasteiger partial charge < -0.3 is 9.84 Å². The van der Waals surface area contributed by atoms with E-state index in [1.807, 2.05) is 0 Å². The molecule has 0 atom stereocenters. The fourth-order valence-corrected chi connectivity index (χ4v) is 1.91. The molecule has 23 heavy (non-hydrogen) atoms. The van der Waals surface area contributed by atoms with Crippen LogP contribution in [0.5, 0.6) is 0 Å². The summed E-state index contributed by atoms with van der Waals surface area (Å²) in [6, 6.07) is 11.7. The third-order valence-corrected chi connectivity index (χ3v) is 3.11. The van der Waals surface area contributed by atoms with Crippen LogP contribution in [0.4, 0.5) is 0 Å². The van der Waals surface area contributed by atoms with Gasteiger partial charge in [0.15, 0.2) is 5.78 Å². The Hall–Kier alpha value is -3.21. The van der Waals surface area contributed by atoms with Crippen LogP contribution in [0, 0.1) is 0 Å². The highest BCUT2D eigenvalue weighted by Crippen LogP contribution is 2.13. The first-order valence-corrected chi connectivity index (χ1v) is 6.79. The maximum absolute atomic E-state index is 12.3. The fraction of sp³-hybridized carbons (Fsp3) is 0.0556. The Morgan fingerprint density at radius 2 is 1.30 bits per heavy atom. The predicted molar refractivity (Wildman–Crippen MR) is 83.8 cm³/mol. The number of benzene rings is 2. The predicted octanol–water partition coefficient (Wildman–Crippen LogP) is 2.96. The number of carbonyl (C=O) groups excluding carboxylic acids is 2. The molecule has 0 aliphatic heterocycles. The number of ether oxygens (including phenoxy) is 1. The van der Waals surface area contributed by atoms with Crippen molar-refractivity contribution in [2.24, 2.45) is 0 Å². The number of carbonyl (C=O) groups is 3. The topological polar surface area (TPSA) is 80.7 Å². The summed E-state index contributed by atoms with van der Waals surface area (Å²) in [5.74, 6) is -1.80. The van der Waals surface area contributed by atoms with Gasteiger partial charge in [-0.1, -0.05) is 36.9 Å². The van der Waals surface area contributed by atoms with Crippen molar-refractivity contribution in [2.75, 3.05) is 6.61 Å². The van der Waals surface area contributed by atoms with Gasteiger partial charge in [0.2, 0.25) is 0 Å². The minimum absolute atomic E-state index is 0.113. The third-order valence-electron chi connectivity index (χ3n) is 3.11. The Balaban J connectivity index is 2.15. The van der Waals surface area contributed by atoms with Gasteiger partial charge in [-0.2, -0.15) is 0 Å². The van der Waals surface area contributed by atoms with E-state index in [1.54, 1.807) is 0 Å². The number of ketones is 1. The molecule has 0 aliphatic carbocycles. The summed E-state index contributed by atoms with van der Waals surface area (Å²) in [6.45, 7) is 3.58. The van der Waals surface area contributed by atoms with E-state index in [9.17, 15) is 14.4 Å². The lowest BCUT2D eigenvalue weighted by atomic mass is 10.0. The van der Waals surface area contributed by atoms with Crippen molar-refractivity contribution in [3.63, 3.8) is 0 Å². The van der Waals surface area contributed by atoms with Crippen LogP contribution in [0.2, 0.25) is 0 Å². The van der Waals surface area contributed by atoms with Gasteiger partial charge in [-0.15, -0.1) is 0 Å². The molecular formula is C18H14O5. The Morgan fingerprint density at radius 3 is 1.74 bits per heavy atom. The van der Waals surface area contributed by atoms with Crippen LogP contribution in [0.3, 0.4) is 0 Å².